The van der Waals surface area contributed by atoms with Gasteiger partial charge in [0.25, 0.3) is 0 Å². The second-order valence-corrected chi connectivity index (χ2v) is 5.16. The van der Waals surface area contributed by atoms with Crippen molar-refractivity contribution in [1.29, 1.82) is 0 Å². The first-order valence-corrected chi connectivity index (χ1v) is 7.11. The smallest absolute Gasteiger partial charge is 0.138 e. The Morgan fingerprint density at radius 2 is 1.95 bits per heavy atom. The third-order valence-electron chi connectivity index (χ3n) is 3.11. The molecule has 3 rings (SSSR count). The summed E-state index contributed by atoms with van der Waals surface area (Å²) in [7, 11) is 1.90. The van der Waals surface area contributed by atoms with Crippen molar-refractivity contribution >= 4 is 22.5 Å². The van der Waals surface area contributed by atoms with E-state index in [1.54, 1.807) is 6.07 Å². The Labute approximate surface area is 128 Å². The van der Waals surface area contributed by atoms with Crippen molar-refractivity contribution in [2.24, 2.45) is 0 Å². The third kappa shape index (κ3) is 3.15. The molecule has 21 heavy (non-hydrogen) atoms. The maximum atomic E-state index is 6.01. The van der Waals surface area contributed by atoms with Crippen molar-refractivity contribution in [3.05, 3.63) is 65.3 Å². The van der Waals surface area contributed by atoms with Crippen LogP contribution in [0.3, 0.4) is 0 Å². The van der Waals surface area contributed by atoms with E-state index in [-0.39, 0.29) is 0 Å². The molecule has 0 aliphatic heterocycles. The number of rotatable bonds is 4. The van der Waals surface area contributed by atoms with Crippen LogP contribution in [0, 0.1) is 0 Å². The van der Waals surface area contributed by atoms with E-state index in [9.17, 15) is 0 Å². The Morgan fingerprint density at radius 3 is 2.76 bits per heavy atom. The summed E-state index contributed by atoms with van der Waals surface area (Å²) in [5, 5.41) is 4.75. The van der Waals surface area contributed by atoms with E-state index in [1.165, 1.54) is 0 Å². The van der Waals surface area contributed by atoms with Gasteiger partial charge in [-0.25, -0.2) is 0 Å². The molecular weight excluding hydrogens is 284 g/mol. The highest BCUT2D eigenvalue weighted by atomic mass is 35.5. The first kappa shape index (κ1) is 13.9. The van der Waals surface area contributed by atoms with Gasteiger partial charge in [-0.1, -0.05) is 29.8 Å². The van der Waals surface area contributed by atoms with Gasteiger partial charge in [-0.3, -0.25) is 4.98 Å². The van der Waals surface area contributed by atoms with Gasteiger partial charge in [0, 0.05) is 23.0 Å². The average Bonchev–Trinajstić information content (AvgIpc) is 2.48. The summed E-state index contributed by atoms with van der Waals surface area (Å²) in [5.74, 6) is 1.50. The highest BCUT2D eigenvalue weighted by molar-refractivity contribution is 6.30. The molecule has 0 fully saturated rings. The van der Waals surface area contributed by atoms with Gasteiger partial charge in [0.05, 0.1) is 11.2 Å². The molecule has 0 aliphatic carbocycles. The normalized spacial score (nSPS) is 10.8. The van der Waals surface area contributed by atoms with Crippen molar-refractivity contribution in [2.75, 3.05) is 7.05 Å². The minimum atomic E-state index is 0.654. The standard InChI is InChI=1S/C17H15ClN2O/c1-19-11-13-10-17(15-7-2-3-8-16(15)20-13)21-14-6-4-5-12(18)9-14/h2-10,19H,11H2,1H3. The Kier molecular flexibility index (Phi) is 4.04. The van der Waals surface area contributed by atoms with Gasteiger partial charge in [0.1, 0.15) is 11.5 Å². The number of fused-ring (bicyclic) bond motifs is 1. The summed E-state index contributed by atoms with van der Waals surface area (Å²) in [4.78, 5) is 4.62. The molecule has 2 aromatic carbocycles. The van der Waals surface area contributed by atoms with Crippen molar-refractivity contribution in [1.82, 2.24) is 10.3 Å². The molecule has 0 unspecified atom stereocenters. The molecule has 106 valence electrons. The predicted octanol–water partition coefficient (Wildman–Crippen LogP) is 4.40. The minimum absolute atomic E-state index is 0.654. The predicted molar refractivity (Wildman–Crippen MR) is 86.0 cm³/mol. The molecule has 3 nitrogen and oxygen atoms in total. The number of hydrogen-bond acceptors (Lipinski definition) is 3. The largest absolute Gasteiger partial charge is 0.457 e. The lowest BCUT2D eigenvalue weighted by Gasteiger charge is -2.11. The lowest BCUT2D eigenvalue weighted by molar-refractivity contribution is 0.487. The first-order chi connectivity index (χ1) is 10.3. The molecule has 1 heterocycles. The SMILES string of the molecule is CNCc1cc(Oc2cccc(Cl)c2)c2ccccc2n1. The summed E-state index contributed by atoms with van der Waals surface area (Å²) in [6.45, 7) is 0.691. The summed E-state index contributed by atoms with van der Waals surface area (Å²) in [6.07, 6.45) is 0. The second kappa shape index (κ2) is 6.12. The van der Waals surface area contributed by atoms with E-state index < -0.39 is 0 Å². The molecule has 0 bridgehead atoms. The van der Waals surface area contributed by atoms with Crippen molar-refractivity contribution in [3.63, 3.8) is 0 Å². The Hall–Kier alpha value is -2.10. The van der Waals surface area contributed by atoms with E-state index in [0.29, 0.717) is 17.3 Å². The average molecular weight is 299 g/mol. The zero-order valence-corrected chi connectivity index (χ0v) is 12.4. The van der Waals surface area contributed by atoms with Gasteiger partial charge in [-0.05, 0) is 37.4 Å². The van der Waals surface area contributed by atoms with Crippen LogP contribution in [0.1, 0.15) is 5.69 Å². The molecule has 0 aliphatic rings. The number of nitrogens with zero attached hydrogens (tertiary/aromatic N) is 1. The number of benzene rings is 2. The number of ether oxygens (including phenoxy) is 1. The fraction of sp³-hybridized carbons (Fsp3) is 0.118. The lowest BCUT2D eigenvalue weighted by Crippen LogP contribution is -2.07. The van der Waals surface area contributed by atoms with E-state index in [4.69, 9.17) is 16.3 Å². The Balaban J connectivity index is 2.07. The third-order valence-corrected chi connectivity index (χ3v) is 3.35. The molecule has 1 aromatic heterocycles. The molecule has 1 N–H and O–H groups in total. The van der Waals surface area contributed by atoms with Crippen LogP contribution in [-0.2, 0) is 6.54 Å². The number of nitrogens with one attached hydrogen (secondary N) is 1. The van der Waals surface area contributed by atoms with Crippen LogP contribution >= 0.6 is 11.6 Å². The van der Waals surface area contributed by atoms with Crippen molar-refractivity contribution in [2.45, 2.75) is 6.54 Å². The first-order valence-electron chi connectivity index (χ1n) is 6.73. The number of para-hydroxylation sites is 1. The molecular formula is C17H15ClN2O. The molecule has 0 radical (unpaired) electrons. The van der Waals surface area contributed by atoms with Crippen LogP contribution < -0.4 is 10.1 Å². The van der Waals surface area contributed by atoms with Crippen LogP contribution in [0.2, 0.25) is 5.02 Å². The van der Waals surface area contributed by atoms with Crippen LogP contribution in [0.25, 0.3) is 10.9 Å². The summed E-state index contributed by atoms with van der Waals surface area (Å²) >= 11 is 6.01. The zero-order chi connectivity index (χ0) is 14.7. The number of aromatic nitrogens is 1. The second-order valence-electron chi connectivity index (χ2n) is 4.72. The maximum absolute atomic E-state index is 6.01. The van der Waals surface area contributed by atoms with Crippen molar-refractivity contribution < 1.29 is 4.74 Å². The highest BCUT2D eigenvalue weighted by Gasteiger charge is 2.07. The van der Waals surface area contributed by atoms with Gasteiger partial charge >= 0.3 is 0 Å². The van der Waals surface area contributed by atoms with Crippen LogP contribution in [-0.4, -0.2) is 12.0 Å². The Bertz CT molecular complexity index is 774. The van der Waals surface area contributed by atoms with Gasteiger partial charge in [0.15, 0.2) is 0 Å². The highest BCUT2D eigenvalue weighted by Crippen LogP contribution is 2.30. The van der Waals surface area contributed by atoms with Crippen LogP contribution in [0.5, 0.6) is 11.5 Å². The number of hydrogen-bond donors (Lipinski definition) is 1. The van der Waals surface area contributed by atoms with E-state index >= 15 is 0 Å². The fourth-order valence-electron chi connectivity index (χ4n) is 2.21. The summed E-state index contributed by atoms with van der Waals surface area (Å²) in [6, 6.07) is 17.3. The maximum Gasteiger partial charge on any atom is 0.138 e. The summed E-state index contributed by atoms with van der Waals surface area (Å²) < 4.78 is 6.01. The molecule has 0 spiro atoms. The number of halogens is 1. The van der Waals surface area contributed by atoms with Gasteiger partial charge < -0.3 is 10.1 Å². The molecule has 0 saturated heterocycles. The molecule has 0 saturated carbocycles. The van der Waals surface area contributed by atoms with E-state index in [0.717, 1.165) is 22.3 Å². The van der Waals surface area contributed by atoms with Crippen LogP contribution in [0.15, 0.2) is 54.6 Å². The fourth-order valence-corrected chi connectivity index (χ4v) is 2.39. The molecule has 3 aromatic rings. The minimum Gasteiger partial charge on any atom is -0.457 e. The van der Waals surface area contributed by atoms with Crippen LogP contribution in [0.4, 0.5) is 0 Å². The van der Waals surface area contributed by atoms with Crippen molar-refractivity contribution in [3.8, 4) is 11.5 Å². The topological polar surface area (TPSA) is 34.1 Å². The summed E-state index contributed by atoms with van der Waals surface area (Å²) in [5.41, 5.74) is 1.86. The zero-order valence-electron chi connectivity index (χ0n) is 11.6. The van der Waals surface area contributed by atoms with E-state index in [1.807, 2.05) is 55.6 Å². The molecule has 4 heteroatoms. The molecule has 0 atom stereocenters. The van der Waals surface area contributed by atoms with Gasteiger partial charge in [-0.15, -0.1) is 0 Å². The number of pyridine rings is 1. The van der Waals surface area contributed by atoms with Gasteiger partial charge in [0.2, 0.25) is 0 Å². The van der Waals surface area contributed by atoms with E-state index in [2.05, 4.69) is 10.3 Å². The molecule has 0 amide bonds. The lowest BCUT2D eigenvalue weighted by atomic mass is 10.2. The monoisotopic (exact) mass is 298 g/mol. The van der Waals surface area contributed by atoms with Gasteiger partial charge in [-0.2, -0.15) is 0 Å². The Morgan fingerprint density at radius 1 is 1.10 bits per heavy atom. The quantitative estimate of drug-likeness (QED) is 0.775.